The van der Waals surface area contributed by atoms with Gasteiger partial charge in [-0.2, -0.15) is 0 Å². The third-order valence-corrected chi connectivity index (χ3v) is 6.48. The second-order valence-corrected chi connectivity index (χ2v) is 8.36. The zero-order valence-electron chi connectivity index (χ0n) is 15.6. The minimum Gasteiger partial charge on any atom is -0.481 e. The van der Waals surface area contributed by atoms with Gasteiger partial charge in [0.05, 0.1) is 24.0 Å². The summed E-state index contributed by atoms with van der Waals surface area (Å²) >= 11 is 1.42. The van der Waals surface area contributed by atoms with Gasteiger partial charge in [-0.1, -0.05) is 19.1 Å². The number of carboxylic acids is 1. The molecule has 1 amide bonds. The lowest BCUT2D eigenvalue weighted by molar-refractivity contribution is -0.146. The Balaban J connectivity index is 1.89. The van der Waals surface area contributed by atoms with Crippen molar-refractivity contribution in [2.24, 2.45) is 17.8 Å². The number of hydrogen-bond acceptors (Lipinski definition) is 5. The fourth-order valence-corrected chi connectivity index (χ4v) is 5.24. The highest BCUT2D eigenvalue weighted by Crippen LogP contribution is 2.40. The van der Waals surface area contributed by atoms with Gasteiger partial charge in [-0.25, -0.2) is 4.79 Å². The second kappa shape index (κ2) is 8.25. The van der Waals surface area contributed by atoms with Crippen molar-refractivity contribution in [3.63, 3.8) is 0 Å². The largest absolute Gasteiger partial charge is 0.481 e. The molecule has 2 aliphatic rings. The van der Waals surface area contributed by atoms with E-state index in [0.29, 0.717) is 29.3 Å². The van der Waals surface area contributed by atoms with E-state index in [-0.39, 0.29) is 12.5 Å². The lowest BCUT2D eigenvalue weighted by atomic mass is 9.82. The summed E-state index contributed by atoms with van der Waals surface area (Å²) in [6.07, 6.45) is 7.05. The SMILES string of the molecule is CCOC(=O)c1c(NC(=O)[C@@H]2CC=CC[C@H]2C(=O)O)sc2c1CC[C@H](C)C2. The van der Waals surface area contributed by atoms with Crippen LogP contribution < -0.4 is 5.32 Å². The number of aliphatic carboxylic acids is 1. The lowest BCUT2D eigenvalue weighted by Crippen LogP contribution is -2.34. The smallest absolute Gasteiger partial charge is 0.341 e. The fraction of sp³-hybridized carbons (Fsp3) is 0.550. The number of carbonyl (C=O) groups is 3. The van der Waals surface area contributed by atoms with Gasteiger partial charge in [0.2, 0.25) is 5.91 Å². The van der Waals surface area contributed by atoms with E-state index in [0.717, 1.165) is 29.7 Å². The van der Waals surface area contributed by atoms with Crippen molar-refractivity contribution in [2.75, 3.05) is 11.9 Å². The first kappa shape index (κ1) is 19.6. The maximum Gasteiger partial charge on any atom is 0.341 e. The molecule has 2 aliphatic carbocycles. The molecule has 0 saturated heterocycles. The minimum atomic E-state index is -0.968. The highest BCUT2D eigenvalue weighted by atomic mass is 32.1. The monoisotopic (exact) mass is 391 g/mol. The molecule has 3 atom stereocenters. The van der Waals surface area contributed by atoms with Crippen molar-refractivity contribution < 1.29 is 24.2 Å². The average molecular weight is 391 g/mol. The maximum atomic E-state index is 12.8. The van der Waals surface area contributed by atoms with E-state index in [2.05, 4.69) is 12.2 Å². The van der Waals surface area contributed by atoms with E-state index in [4.69, 9.17) is 4.74 Å². The van der Waals surface area contributed by atoms with E-state index >= 15 is 0 Å². The predicted octanol–water partition coefficient (Wildman–Crippen LogP) is 3.66. The third-order valence-electron chi connectivity index (χ3n) is 5.31. The number of amides is 1. The fourth-order valence-electron chi connectivity index (χ4n) is 3.84. The Morgan fingerprint density at radius 2 is 1.96 bits per heavy atom. The van der Waals surface area contributed by atoms with Crippen molar-refractivity contribution in [1.29, 1.82) is 0 Å². The molecule has 0 fully saturated rings. The maximum absolute atomic E-state index is 12.8. The van der Waals surface area contributed by atoms with Crippen molar-refractivity contribution >= 4 is 34.2 Å². The zero-order chi connectivity index (χ0) is 19.6. The molecule has 6 nitrogen and oxygen atoms in total. The summed E-state index contributed by atoms with van der Waals surface area (Å²) in [5, 5.41) is 12.8. The number of hydrogen-bond donors (Lipinski definition) is 2. The number of carbonyl (C=O) groups excluding carboxylic acids is 2. The molecule has 0 unspecified atom stereocenters. The number of thiophene rings is 1. The van der Waals surface area contributed by atoms with Crippen LogP contribution in [0.1, 0.15) is 53.9 Å². The van der Waals surface area contributed by atoms with E-state index in [1.165, 1.54) is 11.3 Å². The first-order valence-electron chi connectivity index (χ1n) is 9.42. The first-order valence-corrected chi connectivity index (χ1v) is 10.2. The summed E-state index contributed by atoms with van der Waals surface area (Å²) in [7, 11) is 0. The average Bonchev–Trinajstić information content (AvgIpc) is 2.98. The first-order chi connectivity index (χ1) is 12.9. The number of anilines is 1. The number of allylic oxidation sites excluding steroid dienone is 2. The number of nitrogens with one attached hydrogen (secondary N) is 1. The van der Waals surface area contributed by atoms with E-state index in [1.807, 2.05) is 6.08 Å². The number of ether oxygens (including phenoxy) is 1. The van der Waals surface area contributed by atoms with Crippen LogP contribution >= 0.6 is 11.3 Å². The van der Waals surface area contributed by atoms with Crippen LogP contribution in [-0.4, -0.2) is 29.6 Å². The van der Waals surface area contributed by atoms with Crippen LogP contribution in [0.4, 0.5) is 5.00 Å². The molecule has 1 aromatic rings. The van der Waals surface area contributed by atoms with Gasteiger partial charge in [0, 0.05) is 4.88 Å². The number of carboxylic acid groups (broad SMARTS) is 1. The van der Waals surface area contributed by atoms with Crippen molar-refractivity contribution in [3.8, 4) is 0 Å². The Morgan fingerprint density at radius 3 is 2.63 bits per heavy atom. The Kier molecular flexibility index (Phi) is 5.99. The van der Waals surface area contributed by atoms with Crippen LogP contribution in [0.2, 0.25) is 0 Å². The van der Waals surface area contributed by atoms with Gasteiger partial charge in [-0.05, 0) is 50.5 Å². The molecule has 2 N–H and O–H groups in total. The molecule has 0 bridgehead atoms. The van der Waals surface area contributed by atoms with Crippen LogP contribution in [0.25, 0.3) is 0 Å². The van der Waals surface area contributed by atoms with Crippen LogP contribution in [0, 0.1) is 17.8 Å². The standard InChI is InChI=1S/C20H25NO5S/c1-3-26-20(25)16-14-9-8-11(2)10-15(14)27-18(16)21-17(22)12-6-4-5-7-13(12)19(23)24/h4-5,11-13H,3,6-10H2,1-2H3,(H,21,22)(H,23,24)/t11-,12+,13+/m0/s1. The van der Waals surface area contributed by atoms with Gasteiger partial charge in [-0.3, -0.25) is 9.59 Å². The molecule has 0 radical (unpaired) electrons. The quantitative estimate of drug-likeness (QED) is 0.590. The van der Waals surface area contributed by atoms with Crippen molar-refractivity contribution in [2.45, 2.75) is 46.0 Å². The Hall–Kier alpha value is -2.15. The predicted molar refractivity (Wildman–Crippen MR) is 103 cm³/mol. The van der Waals surface area contributed by atoms with Crippen molar-refractivity contribution in [3.05, 3.63) is 28.2 Å². The van der Waals surface area contributed by atoms with Gasteiger partial charge in [0.1, 0.15) is 5.00 Å². The molecule has 27 heavy (non-hydrogen) atoms. The lowest BCUT2D eigenvalue weighted by Gasteiger charge is -2.24. The summed E-state index contributed by atoms with van der Waals surface area (Å²) in [4.78, 5) is 38.0. The highest BCUT2D eigenvalue weighted by Gasteiger charge is 2.36. The number of rotatable bonds is 5. The third kappa shape index (κ3) is 4.08. The summed E-state index contributed by atoms with van der Waals surface area (Å²) < 4.78 is 5.22. The number of esters is 1. The Morgan fingerprint density at radius 1 is 1.26 bits per heavy atom. The summed E-state index contributed by atoms with van der Waals surface area (Å²) in [6, 6.07) is 0. The number of fused-ring (bicyclic) bond motifs is 1. The molecule has 1 aromatic heterocycles. The van der Waals surface area contributed by atoms with Crippen molar-refractivity contribution in [1.82, 2.24) is 0 Å². The molecule has 3 rings (SSSR count). The molecular weight excluding hydrogens is 366 g/mol. The molecule has 0 aromatic carbocycles. The molecular formula is C20H25NO5S. The Bertz CT molecular complexity index is 782. The van der Waals surface area contributed by atoms with Crippen LogP contribution in [0.15, 0.2) is 12.2 Å². The topological polar surface area (TPSA) is 92.7 Å². The van der Waals surface area contributed by atoms with E-state index in [9.17, 15) is 19.5 Å². The van der Waals surface area contributed by atoms with Crippen LogP contribution in [0.3, 0.4) is 0 Å². The van der Waals surface area contributed by atoms with Gasteiger partial charge in [0.25, 0.3) is 0 Å². The van der Waals surface area contributed by atoms with Crippen LogP contribution in [-0.2, 0) is 27.2 Å². The molecule has 1 heterocycles. The molecule has 146 valence electrons. The highest BCUT2D eigenvalue weighted by molar-refractivity contribution is 7.17. The van der Waals surface area contributed by atoms with Crippen LogP contribution in [0.5, 0.6) is 0 Å². The minimum absolute atomic E-state index is 0.266. The summed E-state index contributed by atoms with van der Waals surface area (Å²) in [5.74, 6) is -2.57. The second-order valence-electron chi connectivity index (χ2n) is 7.26. The van der Waals surface area contributed by atoms with E-state index in [1.54, 1.807) is 13.0 Å². The van der Waals surface area contributed by atoms with E-state index < -0.39 is 23.8 Å². The summed E-state index contributed by atoms with van der Waals surface area (Å²) in [6.45, 7) is 4.20. The van der Waals surface area contributed by atoms with Gasteiger partial charge < -0.3 is 15.2 Å². The van der Waals surface area contributed by atoms with Gasteiger partial charge in [-0.15, -0.1) is 11.3 Å². The molecule has 7 heteroatoms. The van der Waals surface area contributed by atoms with Gasteiger partial charge >= 0.3 is 11.9 Å². The van der Waals surface area contributed by atoms with Gasteiger partial charge in [0.15, 0.2) is 0 Å². The molecule has 0 aliphatic heterocycles. The summed E-state index contributed by atoms with van der Waals surface area (Å²) in [5.41, 5.74) is 1.43. The molecule has 0 spiro atoms. The normalized spacial score (nSPS) is 24.1. The Labute approximate surface area is 162 Å². The molecule has 0 saturated carbocycles. The zero-order valence-corrected chi connectivity index (χ0v) is 16.4.